The maximum absolute atomic E-state index is 11.6. The van der Waals surface area contributed by atoms with Gasteiger partial charge in [0.1, 0.15) is 6.10 Å². The van der Waals surface area contributed by atoms with Crippen LogP contribution in [0.2, 0.25) is 0 Å². The van der Waals surface area contributed by atoms with Gasteiger partial charge in [-0.2, -0.15) is 0 Å². The minimum atomic E-state index is -0.471. The van der Waals surface area contributed by atoms with Crippen molar-refractivity contribution in [1.29, 1.82) is 0 Å². The maximum Gasteiger partial charge on any atom is 0.251 e. The zero-order valence-corrected chi connectivity index (χ0v) is 8.58. The normalized spacial score (nSPS) is 19.9. The second-order valence-electron chi connectivity index (χ2n) is 3.34. The number of nitrogens with one attached hydrogen (secondary N) is 1. The van der Waals surface area contributed by atoms with Gasteiger partial charge in [0.25, 0.3) is 5.91 Å². The molecule has 5 nitrogen and oxygen atoms in total. The van der Waals surface area contributed by atoms with Gasteiger partial charge in [-0.15, -0.1) is 0 Å². The van der Waals surface area contributed by atoms with Crippen LogP contribution < -0.4 is 5.32 Å². The number of rotatable bonds is 2. The van der Waals surface area contributed by atoms with Gasteiger partial charge in [0.2, 0.25) is 5.91 Å². The van der Waals surface area contributed by atoms with Crippen LogP contribution in [-0.4, -0.2) is 49.6 Å². The average molecular weight is 200 g/mol. The van der Waals surface area contributed by atoms with Gasteiger partial charge >= 0.3 is 0 Å². The van der Waals surface area contributed by atoms with Gasteiger partial charge in [-0.25, -0.2) is 0 Å². The number of hydrogen-bond donors (Lipinski definition) is 1. The molecule has 5 heteroatoms. The van der Waals surface area contributed by atoms with Gasteiger partial charge < -0.3 is 15.0 Å². The molecule has 0 bridgehead atoms. The molecule has 1 atom stereocenters. The van der Waals surface area contributed by atoms with E-state index in [4.69, 9.17) is 4.74 Å². The highest BCUT2D eigenvalue weighted by Crippen LogP contribution is 2.01. The Labute approximate surface area is 83.4 Å². The quantitative estimate of drug-likeness (QED) is 0.645. The van der Waals surface area contributed by atoms with Crippen molar-refractivity contribution >= 4 is 11.8 Å². The fraction of sp³-hybridized carbons (Fsp3) is 0.778. The number of ether oxygens (including phenoxy) is 1. The molecule has 1 aliphatic heterocycles. The molecule has 1 aliphatic rings. The molecule has 0 spiro atoms. The van der Waals surface area contributed by atoms with Crippen molar-refractivity contribution in [1.82, 2.24) is 10.2 Å². The molecule has 1 heterocycles. The summed E-state index contributed by atoms with van der Waals surface area (Å²) in [5, 5.41) is 2.71. The molecular weight excluding hydrogens is 184 g/mol. The molecule has 0 aromatic heterocycles. The highest BCUT2D eigenvalue weighted by Gasteiger charge is 2.23. The number of carbonyl (C=O) groups is 2. The van der Waals surface area contributed by atoms with Gasteiger partial charge in [0, 0.05) is 20.2 Å². The number of nitrogens with zero attached hydrogens (tertiary/aromatic N) is 1. The lowest BCUT2D eigenvalue weighted by Crippen LogP contribution is -2.42. The Morgan fingerprint density at radius 2 is 2.36 bits per heavy atom. The van der Waals surface area contributed by atoms with Gasteiger partial charge in [0.05, 0.1) is 6.54 Å². The molecule has 0 aromatic carbocycles. The fourth-order valence-corrected chi connectivity index (χ4v) is 1.35. The first-order chi connectivity index (χ1) is 6.65. The molecule has 1 N–H and O–H groups in total. The predicted molar refractivity (Wildman–Crippen MR) is 50.7 cm³/mol. The summed E-state index contributed by atoms with van der Waals surface area (Å²) in [6.45, 7) is 3.09. The SMILES string of the molecule is COC(C)C(=O)N1CCCNC(=O)C1. The van der Waals surface area contributed by atoms with Crippen LogP contribution >= 0.6 is 0 Å². The minimum absolute atomic E-state index is 0.0980. The molecule has 0 radical (unpaired) electrons. The Bertz CT molecular complexity index is 230. The third-order valence-electron chi connectivity index (χ3n) is 2.27. The number of carbonyl (C=O) groups excluding carboxylic acids is 2. The molecule has 0 aliphatic carbocycles. The van der Waals surface area contributed by atoms with Crippen LogP contribution in [0.3, 0.4) is 0 Å². The smallest absolute Gasteiger partial charge is 0.251 e. The van der Waals surface area contributed by atoms with Gasteiger partial charge in [-0.1, -0.05) is 0 Å². The molecule has 1 saturated heterocycles. The third-order valence-corrected chi connectivity index (χ3v) is 2.27. The minimum Gasteiger partial charge on any atom is -0.372 e. The Morgan fingerprint density at radius 1 is 1.64 bits per heavy atom. The average Bonchev–Trinajstić information content (AvgIpc) is 2.40. The Hall–Kier alpha value is -1.10. The van der Waals surface area contributed by atoms with Crippen LogP contribution in [0.4, 0.5) is 0 Å². The summed E-state index contributed by atoms with van der Waals surface area (Å²) in [5.74, 6) is -0.219. The largest absolute Gasteiger partial charge is 0.372 e. The van der Waals surface area contributed by atoms with Crippen LogP contribution in [0, 0.1) is 0 Å². The standard InChI is InChI=1S/C9H16N2O3/c1-7(14-2)9(13)11-5-3-4-10-8(12)6-11/h7H,3-6H2,1-2H3,(H,10,12). The highest BCUT2D eigenvalue weighted by atomic mass is 16.5. The van der Waals surface area contributed by atoms with Crippen molar-refractivity contribution in [2.24, 2.45) is 0 Å². The second-order valence-corrected chi connectivity index (χ2v) is 3.34. The van der Waals surface area contributed by atoms with Crippen molar-refractivity contribution in [2.75, 3.05) is 26.7 Å². The molecule has 0 aromatic rings. The molecule has 14 heavy (non-hydrogen) atoms. The molecular formula is C9H16N2O3. The molecule has 80 valence electrons. The van der Waals surface area contributed by atoms with Gasteiger partial charge in [-0.3, -0.25) is 9.59 Å². The lowest BCUT2D eigenvalue weighted by Gasteiger charge is -2.21. The topological polar surface area (TPSA) is 58.6 Å². The van der Waals surface area contributed by atoms with Crippen LogP contribution in [0.15, 0.2) is 0 Å². The van der Waals surface area contributed by atoms with E-state index < -0.39 is 6.10 Å². The summed E-state index contributed by atoms with van der Waals surface area (Å²) in [6, 6.07) is 0. The second kappa shape index (κ2) is 4.95. The van der Waals surface area contributed by atoms with Crippen LogP contribution in [0.25, 0.3) is 0 Å². The van der Waals surface area contributed by atoms with E-state index in [0.29, 0.717) is 13.1 Å². The highest BCUT2D eigenvalue weighted by molar-refractivity contribution is 5.87. The summed E-state index contributed by atoms with van der Waals surface area (Å²) < 4.78 is 4.92. The van der Waals surface area contributed by atoms with Crippen molar-refractivity contribution in [3.05, 3.63) is 0 Å². The van der Waals surface area contributed by atoms with Gasteiger partial charge in [-0.05, 0) is 13.3 Å². The zero-order valence-electron chi connectivity index (χ0n) is 8.58. The van der Waals surface area contributed by atoms with E-state index in [9.17, 15) is 9.59 Å². The van der Waals surface area contributed by atoms with Gasteiger partial charge in [0.15, 0.2) is 0 Å². The predicted octanol–water partition coefficient (Wildman–Crippen LogP) is -0.630. The first kappa shape index (κ1) is 11.0. The van der Waals surface area contributed by atoms with Crippen LogP contribution in [-0.2, 0) is 14.3 Å². The van der Waals surface area contributed by atoms with Crippen molar-refractivity contribution in [3.8, 4) is 0 Å². The monoisotopic (exact) mass is 200 g/mol. The fourth-order valence-electron chi connectivity index (χ4n) is 1.35. The summed E-state index contributed by atoms with van der Waals surface area (Å²) in [7, 11) is 1.49. The van der Waals surface area contributed by atoms with E-state index in [1.807, 2.05) is 0 Å². The number of hydrogen-bond acceptors (Lipinski definition) is 3. The summed E-state index contributed by atoms with van der Waals surface area (Å²) in [4.78, 5) is 24.3. The lowest BCUT2D eigenvalue weighted by molar-refractivity contribution is -0.143. The Morgan fingerprint density at radius 3 is 3.00 bits per heavy atom. The first-order valence-electron chi connectivity index (χ1n) is 4.73. The molecule has 1 unspecified atom stereocenters. The first-order valence-corrected chi connectivity index (χ1v) is 4.73. The third kappa shape index (κ3) is 2.70. The van der Waals surface area contributed by atoms with E-state index in [1.54, 1.807) is 6.92 Å². The molecule has 1 fully saturated rings. The molecule has 0 saturated carbocycles. The van der Waals surface area contributed by atoms with Crippen molar-refractivity contribution < 1.29 is 14.3 Å². The van der Waals surface area contributed by atoms with E-state index in [1.165, 1.54) is 12.0 Å². The van der Waals surface area contributed by atoms with Crippen molar-refractivity contribution in [3.63, 3.8) is 0 Å². The molecule has 1 rings (SSSR count). The number of amides is 2. The van der Waals surface area contributed by atoms with E-state index in [0.717, 1.165) is 6.42 Å². The lowest BCUT2D eigenvalue weighted by atomic mass is 10.3. The summed E-state index contributed by atoms with van der Waals surface area (Å²) in [5.41, 5.74) is 0. The van der Waals surface area contributed by atoms with E-state index >= 15 is 0 Å². The van der Waals surface area contributed by atoms with Crippen LogP contribution in [0.5, 0.6) is 0 Å². The Balaban J connectivity index is 2.56. The van der Waals surface area contributed by atoms with E-state index in [-0.39, 0.29) is 18.4 Å². The number of methoxy groups -OCH3 is 1. The molecule has 2 amide bonds. The summed E-state index contributed by atoms with van der Waals surface area (Å²) >= 11 is 0. The van der Waals surface area contributed by atoms with Crippen LogP contribution in [0.1, 0.15) is 13.3 Å². The summed E-state index contributed by atoms with van der Waals surface area (Å²) in [6.07, 6.45) is 0.328. The zero-order chi connectivity index (χ0) is 10.6. The Kier molecular flexibility index (Phi) is 3.88. The van der Waals surface area contributed by atoms with Crippen molar-refractivity contribution in [2.45, 2.75) is 19.4 Å². The maximum atomic E-state index is 11.6. The van der Waals surface area contributed by atoms with E-state index in [2.05, 4.69) is 5.32 Å².